The summed E-state index contributed by atoms with van der Waals surface area (Å²) >= 11 is 0. The molecule has 0 radical (unpaired) electrons. The Labute approximate surface area is 210 Å². The van der Waals surface area contributed by atoms with Gasteiger partial charge >= 0.3 is 5.97 Å². The Bertz CT molecular complexity index is 850. The Hall–Kier alpha value is -0.873. The molecule has 6 atom stereocenters. The van der Waals surface area contributed by atoms with Crippen LogP contribution in [0.5, 0.6) is 0 Å². The third kappa shape index (κ3) is 4.51. The number of carbonyl (C=O) groups is 1. The van der Waals surface area contributed by atoms with E-state index in [2.05, 4.69) is 59.9 Å². The minimum absolute atomic E-state index is 0.0785. The zero-order chi connectivity index (χ0) is 24.9. The van der Waals surface area contributed by atoms with Gasteiger partial charge in [-0.2, -0.15) is 0 Å². The molecule has 0 amide bonds. The van der Waals surface area contributed by atoms with Crippen molar-refractivity contribution >= 4 is 14.3 Å². The molecule has 0 aliphatic heterocycles. The molecule has 0 bridgehead atoms. The lowest BCUT2D eigenvalue weighted by Gasteiger charge is -2.58. The predicted octanol–water partition coefficient (Wildman–Crippen LogP) is 8.22. The topological polar surface area (TPSA) is 35.5 Å². The molecule has 4 heteroatoms. The van der Waals surface area contributed by atoms with Crippen LogP contribution in [0.25, 0.3) is 0 Å². The minimum atomic E-state index is -1.73. The highest BCUT2D eigenvalue weighted by Crippen LogP contribution is 2.66. The van der Waals surface area contributed by atoms with E-state index in [1.165, 1.54) is 50.5 Å². The largest absolute Gasteiger partial charge is 0.466 e. The van der Waals surface area contributed by atoms with Gasteiger partial charge in [-0.1, -0.05) is 57.9 Å². The van der Waals surface area contributed by atoms with Crippen LogP contribution in [0, 0.1) is 28.6 Å². The van der Waals surface area contributed by atoms with E-state index < -0.39 is 8.32 Å². The molecule has 0 aromatic heterocycles. The van der Waals surface area contributed by atoms with Gasteiger partial charge in [-0.25, -0.2) is 0 Å². The van der Waals surface area contributed by atoms with Crippen molar-refractivity contribution in [3.63, 3.8) is 0 Å². The molecule has 4 aliphatic carbocycles. The fourth-order valence-corrected chi connectivity index (χ4v) is 9.32. The monoisotopic (exact) mass is 486 g/mol. The van der Waals surface area contributed by atoms with Gasteiger partial charge in [-0.15, -0.1) is 0 Å². The molecule has 0 aromatic carbocycles. The third-order valence-corrected chi connectivity index (χ3v) is 15.5. The van der Waals surface area contributed by atoms with Crippen molar-refractivity contribution in [2.75, 3.05) is 6.61 Å². The number of hydrogen-bond acceptors (Lipinski definition) is 3. The first-order valence-electron chi connectivity index (χ1n) is 14.0. The van der Waals surface area contributed by atoms with Crippen molar-refractivity contribution in [1.29, 1.82) is 0 Å². The van der Waals surface area contributed by atoms with Crippen LogP contribution in [-0.2, 0) is 14.0 Å². The van der Waals surface area contributed by atoms with Crippen LogP contribution in [-0.4, -0.2) is 27.0 Å². The molecule has 0 heterocycles. The summed E-state index contributed by atoms with van der Waals surface area (Å²) in [4.78, 5) is 12.0. The normalized spacial score (nSPS) is 39.2. The highest BCUT2D eigenvalue weighted by molar-refractivity contribution is 6.74. The van der Waals surface area contributed by atoms with Crippen LogP contribution >= 0.6 is 0 Å². The Morgan fingerprint density at radius 1 is 1.12 bits per heavy atom. The number of rotatable bonds is 5. The number of ether oxygens (including phenoxy) is 1. The molecule has 0 unspecified atom stereocenters. The second-order valence-corrected chi connectivity index (χ2v) is 18.5. The van der Waals surface area contributed by atoms with E-state index in [9.17, 15) is 4.79 Å². The summed E-state index contributed by atoms with van der Waals surface area (Å²) in [6, 6.07) is 0. The number of carbonyl (C=O) groups excluding carboxylic acids is 1. The van der Waals surface area contributed by atoms with Gasteiger partial charge < -0.3 is 9.16 Å². The Morgan fingerprint density at radius 2 is 1.79 bits per heavy atom. The van der Waals surface area contributed by atoms with Crippen molar-refractivity contribution in [2.45, 2.75) is 124 Å². The maximum absolute atomic E-state index is 12.0. The standard InChI is InChI=1S/C30H50O3Si/c1-9-32-27(31)15-12-21-11-14-25-24-13-10-22-20-23(33-34(7,8)28(2,3)4)16-18-30(22,6)26(24)17-19-29(21,25)5/h10,12,23-26H,9,11,13-20H2,1-8H3/b21-12-/t23-,24-,25+,26-,29+,30-/m0/s1. The highest BCUT2D eigenvalue weighted by Gasteiger charge is 2.57. The van der Waals surface area contributed by atoms with Gasteiger partial charge in [0.1, 0.15) is 0 Å². The van der Waals surface area contributed by atoms with Crippen molar-refractivity contribution < 1.29 is 14.0 Å². The maximum atomic E-state index is 12.0. The molecule has 0 aromatic rings. The molecule has 4 aliphatic rings. The van der Waals surface area contributed by atoms with Crippen LogP contribution in [0.2, 0.25) is 18.1 Å². The van der Waals surface area contributed by atoms with Gasteiger partial charge in [-0.05, 0) is 105 Å². The van der Waals surface area contributed by atoms with E-state index in [4.69, 9.17) is 9.16 Å². The van der Waals surface area contributed by atoms with E-state index in [-0.39, 0.29) is 16.4 Å². The van der Waals surface area contributed by atoms with E-state index in [1.807, 2.05) is 6.92 Å². The summed E-state index contributed by atoms with van der Waals surface area (Å²) in [5.41, 5.74) is 3.88. The smallest absolute Gasteiger partial charge is 0.309 e. The second-order valence-electron chi connectivity index (χ2n) is 13.7. The number of hydrogen-bond donors (Lipinski definition) is 0. The molecular weight excluding hydrogens is 436 g/mol. The van der Waals surface area contributed by atoms with E-state index >= 15 is 0 Å². The fourth-order valence-electron chi connectivity index (χ4n) is 7.93. The number of esters is 1. The first-order valence-corrected chi connectivity index (χ1v) is 16.9. The summed E-state index contributed by atoms with van der Waals surface area (Å²) in [6.07, 6.45) is 15.7. The van der Waals surface area contributed by atoms with Crippen LogP contribution in [0.3, 0.4) is 0 Å². The lowest BCUT2D eigenvalue weighted by atomic mass is 9.48. The van der Waals surface area contributed by atoms with Gasteiger partial charge in [0.05, 0.1) is 13.0 Å². The number of fused-ring (bicyclic) bond motifs is 5. The fraction of sp³-hybridized carbons (Fsp3) is 0.833. The molecule has 0 saturated heterocycles. The summed E-state index contributed by atoms with van der Waals surface area (Å²) < 4.78 is 12.1. The summed E-state index contributed by atoms with van der Waals surface area (Å²) in [5, 5.41) is 0.272. The Morgan fingerprint density at radius 3 is 2.47 bits per heavy atom. The molecule has 0 N–H and O–H groups in total. The van der Waals surface area contributed by atoms with Gasteiger partial charge in [-0.3, -0.25) is 4.79 Å². The first-order chi connectivity index (χ1) is 15.8. The quantitative estimate of drug-likeness (QED) is 0.223. The third-order valence-electron chi connectivity index (χ3n) is 11.0. The molecule has 4 rings (SSSR count). The second kappa shape index (κ2) is 9.21. The zero-order valence-electron chi connectivity index (χ0n) is 23.3. The maximum Gasteiger partial charge on any atom is 0.309 e. The van der Waals surface area contributed by atoms with Crippen molar-refractivity contribution in [3.8, 4) is 0 Å². The Kier molecular flexibility index (Phi) is 7.10. The summed E-state index contributed by atoms with van der Waals surface area (Å²) in [7, 11) is -1.73. The number of allylic oxidation sites excluding steroid dienone is 2. The molecule has 0 spiro atoms. The van der Waals surface area contributed by atoms with Gasteiger partial charge in [0.15, 0.2) is 8.32 Å². The highest BCUT2D eigenvalue weighted by atomic mass is 28.4. The van der Waals surface area contributed by atoms with Gasteiger partial charge in [0, 0.05) is 6.10 Å². The van der Waals surface area contributed by atoms with Crippen LogP contribution < -0.4 is 0 Å². The van der Waals surface area contributed by atoms with Crippen molar-refractivity contribution in [1.82, 2.24) is 0 Å². The Balaban J connectivity index is 1.49. The van der Waals surface area contributed by atoms with Crippen LogP contribution in [0.4, 0.5) is 0 Å². The van der Waals surface area contributed by atoms with Crippen molar-refractivity contribution in [2.24, 2.45) is 28.6 Å². The molecular formula is C30H50O3Si. The average Bonchev–Trinajstić information content (AvgIpc) is 3.08. The molecule has 3 nitrogen and oxygen atoms in total. The molecule has 3 saturated carbocycles. The van der Waals surface area contributed by atoms with E-state index in [0.717, 1.165) is 24.2 Å². The molecule has 192 valence electrons. The SMILES string of the molecule is CCOC(=O)C/C=C1/CC[C@@H]2[C@@H]3CC=C4C[C@@H](O[Si](C)(C)C(C)(C)C)CC[C@]4(C)[C@H]3CC[C@]12C. The molecule has 3 fully saturated rings. The van der Waals surface area contributed by atoms with Gasteiger partial charge in [0.2, 0.25) is 0 Å². The van der Waals surface area contributed by atoms with Gasteiger partial charge in [0.25, 0.3) is 0 Å². The van der Waals surface area contributed by atoms with Crippen LogP contribution in [0.1, 0.15) is 99.3 Å². The molecule has 34 heavy (non-hydrogen) atoms. The van der Waals surface area contributed by atoms with E-state index in [1.54, 1.807) is 5.57 Å². The van der Waals surface area contributed by atoms with Crippen LogP contribution in [0.15, 0.2) is 23.3 Å². The lowest BCUT2D eigenvalue weighted by Crippen LogP contribution is -2.51. The first kappa shape index (κ1) is 26.2. The predicted molar refractivity (Wildman–Crippen MR) is 143 cm³/mol. The lowest BCUT2D eigenvalue weighted by molar-refractivity contribution is -0.142. The summed E-state index contributed by atoms with van der Waals surface area (Å²) in [5.74, 6) is 2.28. The average molecular weight is 487 g/mol. The van der Waals surface area contributed by atoms with Crippen molar-refractivity contribution in [3.05, 3.63) is 23.3 Å². The van der Waals surface area contributed by atoms with E-state index in [0.29, 0.717) is 24.5 Å². The minimum Gasteiger partial charge on any atom is -0.466 e. The zero-order valence-corrected chi connectivity index (χ0v) is 24.3. The summed E-state index contributed by atoms with van der Waals surface area (Å²) in [6.45, 7) is 19.3.